The standard InChI is InChI=1S/C13H30N2/c1-10(2)9-12(5)15(6)8-7-13(14)11(3)4/h10-13H,7-9,14H2,1-6H3. The molecule has 0 spiro atoms. The van der Waals surface area contributed by atoms with E-state index in [0.717, 1.165) is 18.9 Å². The molecule has 0 aliphatic carbocycles. The molecule has 0 saturated carbocycles. The molecule has 2 unspecified atom stereocenters. The van der Waals surface area contributed by atoms with Gasteiger partial charge in [-0.2, -0.15) is 0 Å². The summed E-state index contributed by atoms with van der Waals surface area (Å²) < 4.78 is 0. The third-order valence-electron chi connectivity index (χ3n) is 3.24. The zero-order valence-electron chi connectivity index (χ0n) is 11.5. The van der Waals surface area contributed by atoms with Crippen molar-refractivity contribution in [1.29, 1.82) is 0 Å². The van der Waals surface area contributed by atoms with E-state index in [1.165, 1.54) is 6.42 Å². The van der Waals surface area contributed by atoms with Crippen LogP contribution in [-0.2, 0) is 0 Å². The molecule has 2 N–H and O–H groups in total. The highest BCUT2D eigenvalue weighted by atomic mass is 15.1. The molecule has 0 bridgehead atoms. The maximum absolute atomic E-state index is 6.04. The van der Waals surface area contributed by atoms with E-state index in [2.05, 4.69) is 46.6 Å². The third kappa shape index (κ3) is 6.91. The quantitative estimate of drug-likeness (QED) is 0.706. The average Bonchev–Trinajstić information content (AvgIpc) is 2.12. The summed E-state index contributed by atoms with van der Waals surface area (Å²) in [6.45, 7) is 12.4. The SMILES string of the molecule is CC(C)CC(C)N(C)CCC(N)C(C)C. The van der Waals surface area contributed by atoms with E-state index in [1.807, 2.05) is 0 Å². The molecule has 0 amide bonds. The first-order valence-corrected chi connectivity index (χ1v) is 6.30. The van der Waals surface area contributed by atoms with Gasteiger partial charge in [0, 0.05) is 12.1 Å². The fourth-order valence-corrected chi connectivity index (χ4v) is 1.77. The van der Waals surface area contributed by atoms with Crippen LogP contribution in [0.4, 0.5) is 0 Å². The highest BCUT2D eigenvalue weighted by Crippen LogP contribution is 2.11. The van der Waals surface area contributed by atoms with Gasteiger partial charge in [-0.25, -0.2) is 0 Å². The fourth-order valence-electron chi connectivity index (χ4n) is 1.77. The molecule has 0 heterocycles. The summed E-state index contributed by atoms with van der Waals surface area (Å²) in [5, 5.41) is 0. The lowest BCUT2D eigenvalue weighted by Crippen LogP contribution is -2.36. The molecule has 2 atom stereocenters. The van der Waals surface area contributed by atoms with Gasteiger partial charge in [0.05, 0.1) is 0 Å². The Morgan fingerprint density at radius 1 is 1.07 bits per heavy atom. The van der Waals surface area contributed by atoms with Gasteiger partial charge in [-0.1, -0.05) is 27.7 Å². The van der Waals surface area contributed by atoms with Gasteiger partial charge in [-0.3, -0.25) is 0 Å². The van der Waals surface area contributed by atoms with Crippen LogP contribution < -0.4 is 5.73 Å². The number of hydrogen-bond acceptors (Lipinski definition) is 2. The normalized spacial score (nSPS) is 16.4. The van der Waals surface area contributed by atoms with Crippen molar-refractivity contribution in [2.45, 2.75) is 59.5 Å². The smallest absolute Gasteiger partial charge is 0.00740 e. The molecule has 0 fully saturated rings. The van der Waals surface area contributed by atoms with Crippen LogP contribution in [0.5, 0.6) is 0 Å². The summed E-state index contributed by atoms with van der Waals surface area (Å²) in [7, 11) is 2.21. The Bertz CT molecular complexity index is 155. The summed E-state index contributed by atoms with van der Waals surface area (Å²) >= 11 is 0. The van der Waals surface area contributed by atoms with Crippen LogP contribution in [0.3, 0.4) is 0 Å². The van der Waals surface area contributed by atoms with E-state index in [0.29, 0.717) is 18.0 Å². The Kier molecular flexibility index (Phi) is 7.20. The molecule has 15 heavy (non-hydrogen) atoms. The number of rotatable bonds is 7. The highest BCUT2D eigenvalue weighted by molar-refractivity contribution is 4.70. The minimum atomic E-state index is 0.346. The first kappa shape index (κ1) is 14.9. The Morgan fingerprint density at radius 3 is 2.00 bits per heavy atom. The topological polar surface area (TPSA) is 29.3 Å². The second-order valence-electron chi connectivity index (χ2n) is 5.66. The van der Waals surface area contributed by atoms with Crippen molar-refractivity contribution in [2.75, 3.05) is 13.6 Å². The van der Waals surface area contributed by atoms with Gasteiger partial charge in [0.1, 0.15) is 0 Å². The largest absolute Gasteiger partial charge is 0.327 e. The average molecular weight is 214 g/mol. The lowest BCUT2D eigenvalue weighted by molar-refractivity contribution is 0.215. The molecule has 0 rings (SSSR count). The van der Waals surface area contributed by atoms with Crippen molar-refractivity contribution in [3.05, 3.63) is 0 Å². The summed E-state index contributed by atoms with van der Waals surface area (Å²) in [6, 6.07) is 1.02. The van der Waals surface area contributed by atoms with E-state index in [9.17, 15) is 0 Å². The fraction of sp³-hybridized carbons (Fsp3) is 1.00. The van der Waals surface area contributed by atoms with E-state index in [-0.39, 0.29) is 0 Å². The minimum absolute atomic E-state index is 0.346. The van der Waals surface area contributed by atoms with Crippen molar-refractivity contribution in [3.63, 3.8) is 0 Å². The van der Waals surface area contributed by atoms with Gasteiger partial charge >= 0.3 is 0 Å². The van der Waals surface area contributed by atoms with Crippen LogP contribution in [0, 0.1) is 11.8 Å². The number of nitrogens with two attached hydrogens (primary N) is 1. The summed E-state index contributed by atoms with van der Waals surface area (Å²) in [5.74, 6) is 1.38. The van der Waals surface area contributed by atoms with Crippen molar-refractivity contribution in [3.8, 4) is 0 Å². The van der Waals surface area contributed by atoms with Gasteiger partial charge in [-0.15, -0.1) is 0 Å². The van der Waals surface area contributed by atoms with Crippen LogP contribution in [0.25, 0.3) is 0 Å². The Hall–Kier alpha value is -0.0800. The lowest BCUT2D eigenvalue weighted by Gasteiger charge is -2.28. The Labute approximate surface area is 96.2 Å². The molecule has 0 aromatic carbocycles. The van der Waals surface area contributed by atoms with Crippen LogP contribution in [0.1, 0.15) is 47.5 Å². The molecule has 0 aliphatic rings. The monoisotopic (exact) mass is 214 g/mol. The van der Waals surface area contributed by atoms with Crippen molar-refractivity contribution >= 4 is 0 Å². The van der Waals surface area contributed by atoms with Crippen LogP contribution in [0.2, 0.25) is 0 Å². The number of hydrogen-bond donors (Lipinski definition) is 1. The maximum Gasteiger partial charge on any atom is 0.00740 e. The van der Waals surface area contributed by atoms with Crippen LogP contribution >= 0.6 is 0 Å². The second-order valence-corrected chi connectivity index (χ2v) is 5.66. The van der Waals surface area contributed by atoms with Gasteiger partial charge in [0.25, 0.3) is 0 Å². The van der Waals surface area contributed by atoms with Gasteiger partial charge in [0.15, 0.2) is 0 Å². The van der Waals surface area contributed by atoms with Gasteiger partial charge in [-0.05, 0) is 45.2 Å². The zero-order valence-corrected chi connectivity index (χ0v) is 11.5. The number of nitrogens with zero attached hydrogens (tertiary/aromatic N) is 1. The van der Waals surface area contributed by atoms with E-state index >= 15 is 0 Å². The second kappa shape index (κ2) is 7.24. The summed E-state index contributed by atoms with van der Waals surface area (Å²) in [4.78, 5) is 2.43. The summed E-state index contributed by atoms with van der Waals surface area (Å²) in [5.41, 5.74) is 6.04. The van der Waals surface area contributed by atoms with E-state index in [1.54, 1.807) is 0 Å². The molecule has 0 aliphatic heterocycles. The van der Waals surface area contributed by atoms with Crippen molar-refractivity contribution in [1.82, 2.24) is 4.90 Å². The lowest BCUT2D eigenvalue weighted by atomic mass is 10.0. The molecular formula is C13H30N2. The molecule has 0 saturated heterocycles. The molecule has 0 aromatic heterocycles. The van der Waals surface area contributed by atoms with E-state index in [4.69, 9.17) is 5.73 Å². The predicted octanol–water partition coefficient (Wildman–Crippen LogP) is 2.73. The Balaban J connectivity index is 3.77. The first-order chi connectivity index (χ1) is 6.84. The maximum atomic E-state index is 6.04. The third-order valence-corrected chi connectivity index (χ3v) is 3.24. The molecular weight excluding hydrogens is 184 g/mol. The van der Waals surface area contributed by atoms with Crippen LogP contribution in [-0.4, -0.2) is 30.6 Å². The Morgan fingerprint density at radius 2 is 1.60 bits per heavy atom. The van der Waals surface area contributed by atoms with Gasteiger partial charge in [0.2, 0.25) is 0 Å². The molecule has 0 radical (unpaired) electrons. The molecule has 0 aromatic rings. The minimum Gasteiger partial charge on any atom is -0.327 e. The van der Waals surface area contributed by atoms with Crippen molar-refractivity contribution in [2.24, 2.45) is 17.6 Å². The first-order valence-electron chi connectivity index (χ1n) is 6.30. The van der Waals surface area contributed by atoms with Crippen LogP contribution in [0.15, 0.2) is 0 Å². The van der Waals surface area contributed by atoms with Crippen molar-refractivity contribution < 1.29 is 0 Å². The summed E-state index contributed by atoms with van der Waals surface area (Å²) in [6.07, 6.45) is 2.38. The zero-order chi connectivity index (χ0) is 12.0. The molecule has 2 nitrogen and oxygen atoms in total. The molecule has 2 heteroatoms. The van der Waals surface area contributed by atoms with E-state index < -0.39 is 0 Å². The molecule has 92 valence electrons. The predicted molar refractivity (Wildman–Crippen MR) is 69.0 cm³/mol. The highest BCUT2D eigenvalue weighted by Gasteiger charge is 2.13. The van der Waals surface area contributed by atoms with Gasteiger partial charge < -0.3 is 10.6 Å².